The van der Waals surface area contributed by atoms with Gasteiger partial charge in [0, 0.05) is 43.7 Å². The van der Waals surface area contributed by atoms with Crippen molar-refractivity contribution < 1.29 is 9.47 Å². The zero-order chi connectivity index (χ0) is 17.8. The van der Waals surface area contributed by atoms with Gasteiger partial charge in [-0.25, -0.2) is 4.98 Å². The summed E-state index contributed by atoms with van der Waals surface area (Å²) in [7, 11) is 1.90. The number of hydrogen-bond acceptors (Lipinski definition) is 5. The molecule has 6 heteroatoms. The number of nitrogens with zero attached hydrogens (tertiary/aromatic N) is 4. The molecule has 3 heterocycles. The van der Waals surface area contributed by atoms with E-state index < -0.39 is 0 Å². The van der Waals surface area contributed by atoms with Gasteiger partial charge in [-0.3, -0.25) is 4.68 Å². The number of hydrogen-bond donors (Lipinski definition) is 0. The maximum absolute atomic E-state index is 5.91. The van der Waals surface area contributed by atoms with E-state index in [0.29, 0.717) is 6.61 Å². The van der Waals surface area contributed by atoms with E-state index in [9.17, 15) is 0 Å². The zero-order valence-electron chi connectivity index (χ0n) is 14.8. The molecule has 6 nitrogen and oxygen atoms in total. The first kappa shape index (κ1) is 16.6. The third-order valence-corrected chi connectivity index (χ3v) is 4.35. The van der Waals surface area contributed by atoms with Gasteiger partial charge in [0.15, 0.2) is 0 Å². The lowest BCUT2D eigenvalue weighted by molar-refractivity contribution is 0.122. The Morgan fingerprint density at radius 2 is 2.04 bits per heavy atom. The molecule has 26 heavy (non-hydrogen) atoms. The molecule has 0 atom stereocenters. The summed E-state index contributed by atoms with van der Waals surface area (Å²) in [5.41, 5.74) is 3.12. The Morgan fingerprint density at radius 1 is 1.15 bits per heavy atom. The standard InChI is InChI=1S/C20H21N4O2/c1-23-14-18(13-22-23)17-3-2-4-19(11-17)26-15-16-5-6-20(21-12-16)24-7-9-25-10-8-24/h3-6,11-14H,7-10,15H2,1H3. The second-order valence-corrected chi connectivity index (χ2v) is 6.27. The third kappa shape index (κ3) is 3.86. The van der Waals surface area contributed by atoms with Crippen LogP contribution in [0.1, 0.15) is 5.56 Å². The SMILES string of the molecule is Cn1cc(-c2c[c]cc(OCc3ccc(N4CCOCC4)nc3)c2)cn1. The van der Waals surface area contributed by atoms with Gasteiger partial charge in [-0.1, -0.05) is 6.07 Å². The number of benzene rings is 1. The number of anilines is 1. The van der Waals surface area contributed by atoms with Crippen LogP contribution in [0.25, 0.3) is 11.1 Å². The smallest absolute Gasteiger partial charge is 0.128 e. The third-order valence-electron chi connectivity index (χ3n) is 4.35. The number of rotatable bonds is 5. The summed E-state index contributed by atoms with van der Waals surface area (Å²) in [6.07, 6.45) is 5.68. The second kappa shape index (κ2) is 7.58. The van der Waals surface area contributed by atoms with E-state index in [1.165, 1.54) is 0 Å². The zero-order valence-corrected chi connectivity index (χ0v) is 14.8. The molecule has 0 bridgehead atoms. The molecule has 133 valence electrons. The van der Waals surface area contributed by atoms with Crippen molar-refractivity contribution in [3.63, 3.8) is 0 Å². The molecule has 1 fully saturated rings. The largest absolute Gasteiger partial charge is 0.489 e. The van der Waals surface area contributed by atoms with Gasteiger partial charge in [-0.2, -0.15) is 5.10 Å². The van der Waals surface area contributed by atoms with Crippen LogP contribution in [-0.4, -0.2) is 41.1 Å². The van der Waals surface area contributed by atoms with E-state index in [4.69, 9.17) is 9.47 Å². The molecule has 1 saturated heterocycles. The van der Waals surface area contributed by atoms with Crippen LogP contribution in [-0.2, 0) is 18.4 Å². The van der Waals surface area contributed by atoms with Crippen LogP contribution in [0.15, 0.2) is 48.9 Å². The van der Waals surface area contributed by atoms with Crippen LogP contribution >= 0.6 is 0 Å². The van der Waals surface area contributed by atoms with Gasteiger partial charge in [-0.15, -0.1) is 0 Å². The summed E-state index contributed by atoms with van der Waals surface area (Å²) in [5.74, 6) is 1.77. The number of morpholine rings is 1. The minimum Gasteiger partial charge on any atom is -0.489 e. The van der Waals surface area contributed by atoms with Crippen molar-refractivity contribution in [3.05, 3.63) is 60.6 Å². The van der Waals surface area contributed by atoms with Crippen molar-refractivity contribution in [1.82, 2.24) is 14.8 Å². The average molecular weight is 349 g/mol. The molecule has 1 aromatic carbocycles. The summed E-state index contributed by atoms with van der Waals surface area (Å²) in [6.45, 7) is 3.77. The molecule has 1 radical (unpaired) electrons. The van der Waals surface area contributed by atoms with Gasteiger partial charge in [-0.05, 0) is 35.9 Å². The molecule has 2 aromatic heterocycles. The summed E-state index contributed by atoms with van der Waals surface area (Å²) in [4.78, 5) is 6.79. The first-order chi connectivity index (χ1) is 12.8. The Kier molecular flexibility index (Phi) is 4.84. The Labute approximate surface area is 153 Å². The highest BCUT2D eigenvalue weighted by molar-refractivity contribution is 5.63. The highest BCUT2D eigenvalue weighted by atomic mass is 16.5. The molecule has 1 aliphatic rings. The van der Waals surface area contributed by atoms with Crippen molar-refractivity contribution in [2.75, 3.05) is 31.2 Å². The van der Waals surface area contributed by atoms with Crippen LogP contribution < -0.4 is 9.64 Å². The molecule has 1 aliphatic heterocycles. The topological polar surface area (TPSA) is 52.4 Å². The maximum Gasteiger partial charge on any atom is 0.128 e. The normalized spacial score (nSPS) is 14.4. The van der Waals surface area contributed by atoms with Crippen molar-refractivity contribution in [2.45, 2.75) is 6.61 Å². The van der Waals surface area contributed by atoms with Crippen LogP contribution in [0.4, 0.5) is 5.82 Å². The molecule has 4 rings (SSSR count). The molecule has 0 amide bonds. The Bertz CT molecular complexity index is 854. The lowest BCUT2D eigenvalue weighted by Gasteiger charge is -2.27. The van der Waals surface area contributed by atoms with E-state index in [-0.39, 0.29) is 0 Å². The molecular formula is C20H21N4O2. The van der Waals surface area contributed by atoms with Crippen LogP contribution in [0.5, 0.6) is 5.75 Å². The van der Waals surface area contributed by atoms with Crippen molar-refractivity contribution in [2.24, 2.45) is 7.05 Å². The van der Waals surface area contributed by atoms with Gasteiger partial charge in [0.25, 0.3) is 0 Å². The van der Waals surface area contributed by atoms with Crippen LogP contribution in [0.2, 0.25) is 0 Å². The van der Waals surface area contributed by atoms with Crippen LogP contribution in [0, 0.1) is 6.07 Å². The minimum atomic E-state index is 0.473. The molecule has 0 aliphatic carbocycles. The van der Waals surface area contributed by atoms with E-state index in [0.717, 1.165) is 54.6 Å². The fourth-order valence-electron chi connectivity index (χ4n) is 2.92. The molecule has 0 N–H and O–H groups in total. The number of ether oxygens (including phenoxy) is 2. The van der Waals surface area contributed by atoms with Crippen molar-refractivity contribution in [1.29, 1.82) is 0 Å². The lowest BCUT2D eigenvalue weighted by atomic mass is 10.1. The molecule has 3 aromatic rings. The van der Waals surface area contributed by atoms with Gasteiger partial charge in [0.1, 0.15) is 18.2 Å². The highest BCUT2D eigenvalue weighted by Crippen LogP contribution is 2.23. The van der Waals surface area contributed by atoms with E-state index in [2.05, 4.69) is 27.1 Å². The summed E-state index contributed by atoms with van der Waals surface area (Å²) < 4.78 is 13.1. The van der Waals surface area contributed by atoms with E-state index >= 15 is 0 Å². The lowest BCUT2D eigenvalue weighted by Crippen LogP contribution is -2.36. The molecule has 0 unspecified atom stereocenters. The van der Waals surface area contributed by atoms with Crippen molar-refractivity contribution >= 4 is 5.82 Å². The van der Waals surface area contributed by atoms with E-state index in [1.54, 1.807) is 4.68 Å². The number of aryl methyl sites for hydroxylation is 1. The predicted molar refractivity (Wildman–Crippen MR) is 99.1 cm³/mol. The Balaban J connectivity index is 1.39. The Morgan fingerprint density at radius 3 is 2.77 bits per heavy atom. The predicted octanol–water partition coefficient (Wildman–Crippen LogP) is 2.70. The first-order valence-corrected chi connectivity index (χ1v) is 8.68. The van der Waals surface area contributed by atoms with Crippen LogP contribution in [0.3, 0.4) is 0 Å². The highest BCUT2D eigenvalue weighted by Gasteiger charge is 2.12. The molecule has 0 saturated carbocycles. The van der Waals surface area contributed by atoms with Gasteiger partial charge in [0.05, 0.1) is 19.4 Å². The number of aromatic nitrogens is 3. The van der Waals surface area contributed by atoms with Gasteiger partial charge >= 0.3 is 0 Å². The fraction of sp³-hybridized carbons (Fsp3) is 0.300. The van der Waals surface area contributed by atoms with Gasteiger partial charge in [0.2, 0.25) is 0 Å². The second-order valence-electron chi connectivity index (χ2n) is 6.27. The van der Waals surface area contributed by atoms with E-state index in [1.807, 2.05) is 49.9 Å². The maximum atomic E-state index is 5.91. The summed E-state index contributed by atoms with van der Waals surface area (Å²) >= 11 is 0. The average Bonchev–Trinajstić information content (AvgIpc) is 3.14. The molecule has 0 spiro atoms. The first-order valence-electron chi connectivity index (χ1n) is 8.68. The van der Waals surface area contributed by atoms with Crippen molar-refractivity contribution in [3.8, 4) is 16.9 Å². The molecular weight excluding hydrogens is 328 g/mol. The minimum absolute atomic E-state index is 0.473. The monoisotopic (exact) mass is 349 g/mol. The number of pyridine rings is 1. The quantitative estimate of drug-likeness (QED) is 0.709. The fourth-order valence-corrected chi connectivity index (χ4v) is 2.92. The Hall–Kier alpha value is -2.86. The van der Waals surface area contributed by atoms with Gasteiger partial charge < -0.3 is 14.4 Å². The summed E-state index contributed by atoms with van der Waals surface area (Å²) in [5, 5.41) is 4.20. The summed E-state index contributed by atoms with van der Waals surface area (Å²) in [6, 6.07) is 13.0.